The summed E-state index contributed by atoms with van der Waals surface area (Å²) in [6, 6.07) is -0.907. The molecule has 2 N–H and O–H groups in total. The summed E-state index contributed by atoms with van der Waals surface area (Å²) in [5, 5.41) is 13.7. The number of unbranched alkanes of at least 4 members (excludes halogenated alkanes) is 27. The zero-order valence-electron chi connectivity index (χ0n) is 39.9. The van der Waals surface area contributed by atoms with Gasteiger partial charge in [-0.2, -0.15) is 0 Å². The van der Waals surface area contributed by atoms with Crippen LogP contribution in [-0.4, -0.2) is 68.5 Å². The highest BCUT2D eigenvalue weighted by Gasteiger charge is 2.23. The molecule has 3 unspecified atom stereocenters. The van der Waals surface area contributed by atoms with Crippen molar-refractivity contribution in [3.63, 3.8) is 0 Å². The SMILES string of the molecule is C/C=C/CC/C=C/CC/C=C/C(O)C(COP(=O)([O-])OCC[N+](C)(C)C)NC(=O)CCCCCCCCCCCCCCC/C=C\CCCCCCCCCCCCCC. The van der Waals surface area contributed by atoms with E-state index in [1.54, 1.807) is 6.08 Å². The maximum Gasteiger partial charge on any atom is 0.268 e. The number of allylic oxidation sites excluding steroid dienone is 7. The van der Waals surface area contributed by atoms with Gasteiger partial charge in [-0.3, -0.25) is 9.36 Å². The van der Waals surface area contributed by atoms with E-state index in [4.69, 9.17) is 9.05 Å². The van der Waals surface area contributed by atoms with Crippen LogP contribution in [-0.2, 0) is 18.4 Å². The van der Waals surface area contributed by atoms with Gasteiger partial charge in [-0.1, -0.05) is 197 Å². The third kappa shape index (κ3) is 44.5. The average molecular weight is 865 g/mol. The fraction of sp³-hybridized carbons (Fsp3) is 0.824. The zero-order valence-corrected chi connectivity index (χ0v) is 40.8. The van der Waals surface area contributed by atoms with E-state index < -0.39 is 26.6 Å². The lowest BCUT2D eigenvalue weighted by Gasteiger charge is -2.29. The van der Waals surface area contributed by atoms with Gasteiger partial charge in [0.25, 0.3) is 7.82 Å². The number of quaternary nitrogens is 1. The molecule has 0 saturated heterocycles. The number of hydrogen-bond acceptors (Lipinski definition) is 6. The highest BCUT2D eigenvalue weighted by molar-refractivity contribution is 7.45. The molecule has 0 aliphatic rings. The van der Waals surface area contributed by atoms with Gasteiger partial charge in [0.1, 0.15) is 13.2 Å². The normalized spacial score (nSPS) is 14.6. The first-order valence-corrected chi connectivity index (χ1v) is 26.4. The quantitative estimate of drug-likeness (QED) is 0.0273. The molecule has 0 aromatic heterocycles. The molecule has 0 saturated carbocycles. The number of nitrogens with zero attached hydrogens (tertiary/aromatic N) is 1. The molecule has 0 spiro atoms. The standard InChI is InChI=1S/C51H97N2O6P/c1-6-8-10-12-14-16-17-18-19-20-21-22-23-24-25-26-27-28-29-30-31-32-33-34-35-37-39-41-43-45-51(55)52-49(48-59-60(56,57)58-47-46-53(3,4)5)50(54)44-42-40-38-36-15-13-11-9-7-2/h7,9,15,24-25,36,42,44,49-50,54H,6,8,10-14,16-23,26-35,37-41,43,45-48H2,1-5H3,(H-,52,55,56,57)/b9-7+,25-24-,36-15+,44-42+. The summed E-state index contributed by atoms with van der Waals surface area (Å²) in [5.41, 5.74) is 0. The summed E-state index contributed by atoms with van der Waals surface area (Å²) in [5.74, 6) is -0.215. The number of aliphatic hydroxyl groups excluding tert-OH is 1. The van der Waals surface area contributed by atoms with E-state index >= 15 is 0 Å². The van der Waals surface area contributed by atoms with E-state index in [2.05, 4.69) is 42.6 Å². The van der Waals surface area contributed by atoms with Crippen molar-refractivity contribution in [1.29, 1.82) is 0 Å². The number of rotatable bonds is 45. The second-order valence-corrected chi connectivity index (χ2v) is 19.6. The molecule has 60 heavy (non-hydrogen) atoms. The van der Waals surface area contributed by atoms with E-state index in [9.17, 15) is 19.4 Å². The predicted molar refractivity (Wildman–Crippen MR) is 256 cm³/mol. The van der Waals surface area contributed by atoms with E-state index in [1.807, 2.05) is 40.2 Å². The Hall–Kier alpha value is -1.54. The smallest absolute Gasteiger partial charge is 0.268 e. The molecule has 3 atom stereocenters. The highest BCUT2D eigenvalue weighted by atomic mass is 31.2. The Labute approximate surface area is 371 Å². The van der Waals surface area contributed by atoms with E-state index in [-0.39, 0.29) is 12.5 Å². The minimum Gasteiger partial charge on any atom is -0.756 e. The molecule has 0 radical (unpaired) electrons. The van der Waals surface area contributed by atoms with Crippen molar-refractivity contribution < 1.29 is 32.9 Å². The van der Waals surface area contributed by atoms with Gasteiger partial charge in [0.05, 0.1) is 39.9 Å². The Morgan fingerprint density at radius 2 is 1.00 bits per heavy atom. The maximum absolute atomic E-state index is 12.8. The summed E-state index contributed by atoms with van der Waals surface area (Å²) in [6.07, 6.45) is 55.1. The first kappa shape index (κ1) is 58.5. The molecular weight excluding hydrogens is 768 g/mol. The van der Waals surface area contributed by atoms with Crippen LogP contribution in [0.15, 0.2) is 48.6 Å². The lowest BCUT2D eigenvalue weighted by Crippen LogP contribution is -2.45. The third-order valence-electron chi connectivity index (χ3n) is 11.1. The Bertz CT molecular complexity index is 1120. The van der Waals surface area contributed by atoms with Crippen molar-refractivity contribution in [3.8, 4) is 0 Å². The fourth-order valence-corrected chi connectivity index (χ4v) is 7.85. The Morgan fingerprint density at radius 3 is 1.45 bits per heavy atom. The molecule has 9 heteroatoms. The lowest BCUT2D eigenvalue weighted by molar-refractivity contribution is -0.870. The van der Waals surface area contributed by atoms with Crippen molar-refractivity contribution in [3.05, 3.63) is 48.6 Å². The first-order valence-electron chi connectivity index (χ1n) is 25.0. The van der Waals surface area contributed by atoms with Crippen molar-refractivity contribution in [2.75, 3.05) is 40.9 Å². The molecule has 8 nitrogen and oxygen atoms in total. The molecule has 0 heterocycles. The number of likely N-dealkylation sites (N-methyl/N-ethyl adjacent to an activating group) is 1. The summed E-state index contributed by atoms with van der Waals surface area (Å²) in [7, 11) is 1.23. The molecule has 0 fully saturated rings. The fourth-order valence-electron chi connectivity index (χ4n) is 7.13. The summed E-state index contributed by atoms with van der Waals surface area (Å²) < 4.78 is 23.1. The van der Waals surface area contributed by atoms with Gasteiger partial charge in [0, 0.05) is 6.42 Å². The Balaban J connectivity index is 4.03. The first-order chi connectivity index (χ1) is 29.0. The van der Waals surface area contributed by atoms with Gasteiger partial charge in [-0.05, 0) is 64.7 Å². The second-order valence-electron chi connectivity index (χ2n) is 18.2. The molecule has 0 aliphatic carbocycles. The van der Waals surface area contributed by atoms with Gasteiger partial charge in [-0.15, -0.1) is 0 Å². The second kappa shape index (κ2) is 42.7. The van der Waals surface area contributed by atoms with Gasteiger partial charge >= 0.3 is 0 Å². The minimum atomic E-state index is -4.59. The highest BCUT2D eigenvalue weighted by Crippen LogP contribution is 2.38. The van der Waals surface area contributed by atoms with Crippen LogP contribution in [0.5, 0.6) is 0 Å². The number of carbonyl (C=O) groups excluding carboxylic acids is 1. The van der Waals surface area contributed by atoms with Crippen LogP contribution in [0.1, 0.15) is 219 Å². The summed E-state index contributed by atoms with van der Waals surface area (Å²) in [6.45, 7) is 4.39. The van der Waals surface area contributed by atoms with Gasteiger partial charge in [-0.25, -0.2) is 0 Å². The molecule has 352 valence electrons. The van der Waals surface area contributed by atoms with E-state index in [0.717, 1.165) is 44.9 Å². The minimum absolute atomic E-state index is 0.00992. The maximum atomic E-state index is 12.8. The van der Waals surface area contributed by atoms with E-state index in [1.165, 1.54) is 154 Å². The number of nitrogens with one attached hydrogen (secondary N) is 1. The third-order valence-corrected chi connectivity index (χ3v) is 12.0. The average Bonchev–Trinajstić information content (AvgIpc) is 3.20. The monoisotopic (exact) mass is 865 g/mol. The van der Waals surface area contributed by atoms with Crippen LogP contribution in [0.3, 0.4) is 0 Å². The van der Waals surface area contributed by atoms with Gasteiger partial charge in [0.2, 0.25) is 5.91 Å². The summed E-state index contributed by atoms with van der Waals surface area (Å²) >= 11 is 0. The van der Waals surface area contributed by atoms with Crippen molar-refractivity contribution in [2.24, 2.45) is 0 Å². The van der Waals surface area contributed by atoms with Crippen LogP contribution in [0.25, 0.3) is 0 Å². The number of amides is 1. The molecule has 0 aliphatic heterocycles. The van der Waals surface area contributed by atoms with Crippen molar-refractivity contribution in [1.82, 2.24) is 5.32 Å². The van der Waals surface area contributed by atoms with Crippen LogP contribution < -0.4 is 10.2 Å². The topological polar surface area (TPSA) is 108 Å². The molecule has 0 aromatic rings. The molecule has 0 bridgehead atoms. The lowest BCUT2D eigenvalue weighted by atomic mass is 10.0. The number of hydrogen-bond donors (Lipinski definition) is 2. The summed E-state index contributed by atoms with van der Waals surface area (Å²) in [4.78, 5) is 25.3. The molecular formula is C51H97N2O6P. The zero-order chi connectivity index (χ0) is 44.3. The Morgan fingerprint density at radius 1 is 0.600 bits per heavy atom. The van der Waals surface area contributed by atoms with Crippen LogP contribution in [0.2, 0.25) is 0 Å². The van der Waals surface area contributed by atoms with Crippen LogP contribution in [0, 0.1) is 0 Å². The largest absolute Gasteiger partial charge is 0.756 e. The molecule has 1 amide bonds. The van der Waals surface area contributed by atoms with Gasteiger partial charge in [0.15, 0.2) is 0 Å². The number of phosphoric acid groups is 1. The van der Waals surface area contributed by atoms with Crippen LogP contribution >= 0.6 is 7.82 Å². The number of phosphoric ester groups is 1. The van der Waals surface area contributed by atoms with Crippen molar-refractivity contribution in [2.45, 2.75) is 231 Å². The molecule has 0 rings (SSSR count). The number of aliphatic hydroxyl groups is 1. The van der Waals surface area contributed by atoms with E-state index in [0.29, 0.717) is 17.4 Å². The Kier molecular flexibility index (Phi) is 41.6. The predicted octanol–water partition coefficient (Wildman–Crippen LogP) is 13.8. The van der Waals surface area contributed by atoms with Gasteiger partial charge < -0.3 is 28.8 Å². The molecule has 0 aromatic carbocycles. The van der Waals surface area contributed by atoms with Crippen LogP contribution in [0.4, 0.5) is 0 Å². The van der Waals surface area contributed by atoms with Crippen molar-refractivity contribution >= 4 is 13.7 Å². The number of carbonyl (C=O) groups is 1.